The summed E-state index contributed by atoms with van der Waals surface area (Å²) in [5, 5.41) is 78.3. The fraction of sp³-hybridized carbons (Fsp3) is 0.467. The molecule has 10 atom stereocenters. The Kier molecular flexibility index (Phi) is 12.3. The Hall–Kier alpha value is -3.04. The summed E-state index contributed by atoms with van der Waals surface area (Å²) in [6.07, 6.45) is -8.48. The van der Waals surface area contributed by atoms with Gasteiger partial charge in [0.1, 0.15) is 48.5 Å². The molecule has 12 heteroatoms. The Morgan fingerprint density at radius 3 is 1.88 bits per heavy atom. The van der Waals surface area contributed by atoms with E-state index in [0.717, 1.165) is 11.1 Å². The molecule has 232 valence electrons. The van der Waals surface area contributed by atoms with E-state index in [9.17, 15) is 30.6 Å². The molecule has 0 amide bonds. The minimum atomic E-state index is -1.57. The number of benzene rings is 2. The molecule has 8 N–H and O–H groups in total. The number of phenols is 2. The summed E-state index contributed by atoms with van der Waals surface area (Å²) in [6, 6.07) is 11.7. The third kappa shape index (κ3) is 8.51. The number of hydrogen-bond acceptors (Lipinski definition) is 12. The van der Waals surface area contributed by atoms with Gasteiger partial charge in [-0.15, -0.1) is 13.2 Å². The highest BCUT2D eigenvalue weighted by molar-refractivity contribution is 5.40. The van der Waals surface area contributed by atoms with Gasteiger partial charge in [0.25, 0.3) is 0 Å². The van der Waals surface area contributed by atoms with Crippen molar-refractivity contribution in [2.45, 2.75) is 81.2 Å². The van der Waals surface area contributed by atoms with Crippen molar-refractivity contribution in [3.8, 4) is 17.2 Å². The van der Waals surface area contributed by atoms with Crippen molar-refractivity contribution in [1.82, 2.24) is 0 Å². The Bertz CT molecular complexity index is 1140. The lowest BCUT2D eigenvalue weighted by Gasteiger charge is -2.42. The van der Waals surface area contributed by atoms with Crippen molar-refractivity contribution >= 4 is 0 Å². The maximum atomic E-state index is 10.3. The molecule has 2 heterocycles. The number of aliphatic hydroxyl groups excluding tert-OH is 6. The third-order valence-corrected chi connectivity index (χ3v) is 6.88. The second kappa shape index (κ2) is 15.4. The predicted molar refractivity (Wildman–Crippen MR) is 150 cm³/mol. The molecule has 2 aliphatic rings. The molecular formula is C30H40O12. The van der Waals surface area contributed by atoms with Gasteiger partial charge in [-0.25, -0.2) is 0 Å². The van der Waals surface area contributed by atoms with Crippen LogP contribution in [-0.2, 0) is 27.1 Å². The summed E-state index contributed by atoms with van der Waals surface area (Å²) in [6.45, 7) is 8.40. The smallest absolute Gasteiger partial charge is 0.229 e. The minimum Gasteiger partial charge on any atom is -0.504 e. The second-order valence-corrected chi connectivity index (χ2v) is 10.1. The van der Waals surface area contributed by atoms with E-state index in [1.807, 2.05) is 12.1 Å². The van der Waals surface area contributed by atoms with Crippen LogP contribution in [0.25, 0.3) is 0 Å². The van der Waals surface area contributed by atoms with Crippen LogP contribution in [0, 0.1) is 0 Å². The maximum absolute atomic E-state index is 10.3. The summed E-state index contributed by atoms with van der Waals surface area (Å²) < 4.78 is 22.0. The molecular weight excluding hydrogens is 552 g/mol. The Balaban J connectivity index is 0.000000369. The molecule has 0 radical (unpaired) electrons. The third-order valence-electron chi connectivity index (χ3n) is 6.88. The number of hydrogen-bond donors (Lipinski definition) is 8. The van der Waals surface area contributed by atoms with E-state index in [1.54, 1.807) is 30.4 Å². The van der Waals surface area contributed by atoms with Crippen LogP contribution >= 0.6 is 0 Å². The van der Waals surface area contributed by atoms with Crippen molar-refractivity contribution in [3.05, 3.63) is 78.9 Å². The Morgan fingerprint density at radius 1 is 0.690 bits per heavy atom. The minimum absolute atomic E-state index is 0.0793. The van der Waals surface area contributed by atoms with E-state index in [2.05, 4.69) is 13.2 Å². The van der Waals surface area contributed by atoms with Gasteiger partial charge >= 0.3 is 0 Å². The van der Waals surface area contributed by atoms with Crippen LogP contribution in [0.5, 0.6) is 17.2 Å². The lowest BCUT2D eigenvalue weighted by atomic mass is 9.98. The fourth-order valence-corrected chi connectivity index (χ4v) is 4.36. The van der Waals surface area contributed by atoms with Crippen LogP contribution in [0.2, 0.25) is 0 Å². The molecule has 2 aromatic rings. The van der Waals surface area contributed by atoms with Crippen LogP contribution in [0.4, 0.5) is 0 Å². The van der Waals surface area contributed by atoms with E-state index < -0.39 is 61.4 Å². The van der Waals surface area contributed by atoms with Crippen molar-refractivity contribution in [1.29, 1.82) is 0 Å². The topological polar surface area (TPSA) is 199 Å². The van der Waals surface area contributed by atoms with Gasteiger partial charge < -0.3 is 59.8 Å². The average molecular weight is 593 g/mol. The zero-order chi connectivity index (χ0) is 31.0. The zero-order valence-electron chi connectivity index (χ0n) is 23.2. The standard InChI is InChI=1S/C21H30O10.C9H10O2/c1-3-4-11-5-7-12(8-6-11)30-21-19(27)17(25)15(23)13(31-21)9-28-20-18(26)16(24)14(22)10(2)29-20;1-2-3-7-4-5-8(10)9(11)6-7/h3,5-8,10,13-27H,1,4,9H2,2H3;2,4-6,10-11H,1,3H2/t10-,13+,14-,15+,16+,17-,18+,19+,20+,21+;/m0./s1. The van der Waals surface area contributed by atoms with Gasteiger partial charge in [-0.2, -0.15) is 0 Å². The first-order valence-electron chi connectivity index (χ1n) is 13.5. The van der Waals surface area contributed by atoms with Crippen molar-refractivity contribution in [2.75, 3.05) is 6.61 Å². The molecule has 0 unspecified atom stereocenters. The number of rotatable bonds is 9. The van der Waals surface area contributed by atoms with Gasteiger partial charge in [0, 0.05) is 0 Å². The van der Waals surface area contributed by atoms with E-state index >= 15 is 0 Å². The summed E-state index contributed by atoms with van der Waals surface area (Å²) in [5.74, 6) is 0.222. The summed E-state index contributed by atoms with van der Waals surface area (Å²) in [4.78, 5) is 0. The second-order valence-electron chi connectivity index (χ2n) is 10.1. The first-order valence-corrected chi connectivity index (χ1v) is 13.5. The van der Waals surface area contributed by atoms with Crippen LogP contribution in [0.1, 0.15) is 18.1 Å². The molecule has 0 aromatic heterocycles. The van der Waals surface area contributed by atoms with Crippen LogP contribution < -0.4 is 4.74 Å². The summed E-state index contributed by atoms with van der Waals surface area (Å²) in [7, 11) is 0. The lowest BCUT2D eigenvalue weighted by Crippen LogP contribution is -2.61. The summed E-state index contributed by atoms with van der Waals surface area (Å²) >= 11 is 0. The highest BCUT2D eigenvalue weighted by Crippen LogP contribution is 2.27. The van der Waals surface area contributed by atoms with Gasteiger partial charge in [-0.05, 0) is 55.2 Å². The number of aliphatic hydroxyl groups is 6. The van der Waals surface area contributed by atoms with Gasteiger partial charge in [0.05, 0.1) is 12.7 Å². The van der Waals surface area contributed by atoms with Crippen LogP contribution in [0.3, 0.4) is 0 Å². The number of phenolic OH excluding ortho intramolecular Hbond substituents is 2. The highest BCUT2D eigenvalue weighted by atomic mass is 16.7. The first-order chi connectivity index (χ1) is 20.0. The van der Waals surface area contributed by atoms with Crippen LogP contribution in [-0.4, -0.2) is 109 Å². The number of ether oxygens (including phenoxy) is 4. The Morgan fingerprint density at radius 2 is 1.26 bits per heavy atom. The molecule has 12 nitrogen and oxygen atoms in total. The highest BCUT2D eigenvalue weighted by Gasteiger charge is 2.47. The van der Waals surface area contributed by atoms with Gasteiger partial charge in [-0.1, -0.05) is 30.4 Å². The van der Waals surface area contributed by atoms with Crippen LogP contribution in [0.15, 0.2) is 67.8 Å². The van der Waals surface area contributed by atoms with E-state index in [0.29, 0.717) is 18.6 Å². The molecule has 2 aromatic carbocycles. The van der Waals surface area contributed by atoms with Gasteiger partial charge in [0.15, 0.2) is 17.8 Å². The quantitative estimate of drug-likeness (QED) is 0.146. The molecule has 2 fully saturated rings. The molecule has 0 bridgehead atoms. The monoisotopic (exact) mass is 592 g/mol. The van der Waals surface area contributed by atoms with E-state index in [1.165, 1.54) is 19.1 Å². The first kappa shape index (κ1) is 33.5. The summed E-state index contributed by atoms with van der Waals surface area (Å²) in [5.41, 5.74) is 1.96. The van der Waals surface area contributed by atoms with E-state index in [4.69, 9.17) is 29.2 Å². The predicted octanol–water partition coefficient (Wildman–Crippen LogP) is 0.272. The van der Waals surface area contributed by atoms with Crippen molar-refractivity contribution in [2.24, 2.45) is 0 Å². The molecule has 4 rings (SSSR count). The van der Waals surface area contributed by atoms with E-state index in [-0.39, 0.29) is 18.1 Å². The number of aromatic hydroxyl groups is 2. The molecule has 2 aliphatic heterocycles. The average Bonchev–Trinajstić information content (AvgIpc) is 2.97. The fourth-order valence-electron chi connectivity index (χ4n) is 4.36. The molecule has 42 heavy (non-hydrogen) atoms. The maximum Gasteiger partial charge on any atom is 0.229 e. The molecule has 0 saturated carbocycles. The largest absolute Gasteiger partial charge is 0.504 e. The van der Waals surface area contributed by atoms with Gasteiger partial charge in [0.2, 0.25) is 6.29 Å². The van der Waals surface area contributed by atoms with Crippen molar-refractivity contribution in [3.63, 3.8) is 0 Å². The molecule has 2 saturated heterocycles. The van der Waals surface area contributed by atoms with Gasteiger partial charge in [-0.3, -0.25) is 0 Å². The normalized spacial score (nSPS) is 32.7. The van der Waals surface area contributed by atoms with Crippen molar-refractivity contribution < 1.29 is 59.8 Å². The molecule has 0 aliphatic carbocycles. The number of allylic oxidation sites excluding steroid dienone is 2. The zero-order valence-corrected chi connectivity index (χ0v) is 23.2. The Labute approximate surface area is 243 Å². The lowest BCUT2D eigenvalue weighted by molar-refractivity contribution is -0.318. The SMILES string of the molecule is C=CCc1ccc(O)c(O)c1.C=CCc1ccc(O[C@@H]2O[C@H](CO[C@@H]3O[C@@H](C)[C@H](O)[C@@H](O)[C@H]3O)[C@@H](O)[C@H](O)[C@H]2O)cc1. The molecule has 0 spiro atoms.